The van der Waals surface area contributed by atoms with Crippen LogP contribution in [0.25, 0.3) is 0 Å². The highest BCUT2D eigenvalue weighted by atomic mass is 16.8. The molecule has 0 aromatic heterocycles. The van der Waals surface area contributed by atoms with Gasteiger partial charge in [-0.1, -0.05) is 48.5 Å². The van der Waals surface area contributed by atoms with Crippen LogP contribution in [0.3, 0.4) is 0 Å². The minimum absolute atomic E-state index is 0.482. The van der Waals surface area contributed by atoms with E-state index < -0.39 is 29.2 Å². The lowest BCUT2D eigenvalue weighted by Gasteiger charge is -2.42. The van der Waals surface area contributed by atoms with Crippen LogP contribution >= 0.6 is 0 Å². The minimum Gasteiger partial charge on any atom is -0.497 e. The van der Waals surface area contributed by atoms with Crippen LogP contribution in [-0.2, 0) is 20.7 Å². The van der Waals surface area contributed by atoms with Gasteiger partial charge in [-0.15, -0.1) is 0 Å². The fourth-order valence-corrected chi connectivity index (χ4v) is 5.80. The highest BCUT2D eigenvalue weighted by molar-refractivity contribution is 5.48. The summed E-state index contributed by atoms with van der Waals surface area (Å²) in [4.78, 5) is 0. The maximum absolute atomic E-state index is 13.1. The molecule has 0 bridgehead atoms. The summed E-state index contributed by atoms with van der Waals surface area (Å²) >= 11 is 0. The molecule has 226 valence electrons. The van der Waals surface area contributed by atoms with Gasteiger partial charge >= 0.3 is 0 Å². The van der Waals surface area contributed by atoms with Crippen molar-refractivity contribution >= 4 is 0 Å². The zero-order valence-corrected chi connectivity index (χ0v) is 25.2. The van der Waals surface area contributed by atoms with Crippen molar-refractivity contribution in [3.63, 3.8) is 0 Å². The Kier molecular flexibility index (Phi) is 8.40. The molecule has 1 aliphatic rings. The van der Waals surface area contributed by atoms with Gasteiger partial charge in [0.05, 0.1) is 28.4 Å². The van der Waals surface area contributed by atoms with Crippen molar-refractivity contribution in [1.29, 1.82) is 0 Å². The molecule has 0 spiro atoms. The lowest BCUT2D eigenvalue weighted by atomic mass is 9.72. The Morgan fingerprint density at radius 1 is 0.512 bits per heavy atom. The van der Waals surface area contributed by atoms with Crippen molar-refractivity contribution in [3.05, 3.63) is 119 Å². The lowest BCUT2D eigenvalue weighted by molar-refractivity contribution is -0.172. The van der Waals surface area contributed by atoms with Gasteiger partial charge in [-0.05, 0) is 84.6 Å². The Bertz CT molecular complexity index is 1350. The molecular formula is C35H38O8. The first-order valence-corrected chi connectivity index (χ1v) is 14.0. The first-order chi connectivity index (χ1) is 20.6. The minimum atomic E-state index is -1.85. The maximum Gasteiger partial charge on any atom is 0.164 e. The van der Waals surface area contributed by atoms with Crippen molar-refractivity contribution < 1.29 is 38.6 Å². The van der Waals surface area contributed by atoms with E-state index in [1.807, 2.05) is 0 Å². The van der Waals surface area contributed by atoms with Crippen LogP contribution in [0.15, 0.2) is 97.1 Å². The van der Waals surface area contributed by atoms with Crippen molar-refractivity contribution in [2.24, 2.45) is 0 Å². The molecule has 2 atom stereocenters. The average Bonchev–Trinajstić information content (AvgIpc) is 3.39. The second-order valence-corrected chi connectivity index (χ2v) is 10.9. The Hall–Kier alpha value is -4.08. The van der Waals surface area contributed by atoms with Gasteiger partial charge in [-0.25, -0.2) is 0 Å². The number of ether oxygens (including phenoxy) is 6. The van der Waals surface area contributed by atoms with Crippen molar-refractivity contribution in [3.8, 4) is 23.0 Å². The predicted octanol–water partition coefficient (Wildman–Crippen LogP) is 5.41. The Labute approximate surface area is 252 Å². The zero-order chi connectivity index (χ0) is 30.8. The number of methoxy groups -OCH3 is 4. The van der Waals surface area contributed by atoms with Gasteiger partial charge < -0.3 is 38.6 Å². The molecule has 1 saturated heterocycles. The topological polar surface area (TPSA) is 95.8 Å². The summed E-state index contributed by atoms with van der Waals surface area (Å²) in [6.07, 6.45) is -2.30. The fraction of sp³-hybridized carbons (Fsp3) is 0.314. The van der Waals surface area contributed by atoms with Crippen LogP contribution in [0, 0.1) is 0 Å². The Balaban J connectivity index is 1.81. The van der Waals surface area contributed by atoms with Crippen LogP contribution < -0.4 is 18.9 Å². The number of hydrogen-bond acceptors (Lipinski definition) is 8. The van der Waals surface area contributed by atoms with Gasteiger partial charge in [0, 0.05) is 0 Å². The largest absolute Gasteiger partial charge is 0.497 e. The van der Waals surface area contributed by atoms with E-state index in [2.05, 4.69) is 0 Å². The van der Waals surface area contributed by atoms with Crippen molar-refractivity contribution in [2.75, 3.05) is 28.4 Å². The van der Waals surface area contributed by atoms with E-state index in [1.54, 1.807) is 139 Å². The highest BCUT2D eigenvalue weighted by Crippen LogP contribution is 2.51. The Morgan fingerprint density at radius 2 is 0.767 bits per heavy atom. The van der Waals surface area contributed by atoms with Crippen molar-refractivity contribution in [1.82, 2.24) is 0 Å². The predicted molar refractivity (Wildman–Crippen MR) is 162 cm³/mol. The van der Waals surface area contributed by atoms with Crippen molar-refractivity contribution in [2.45, 2.75) is 43.0 Å². The third-order valence-electron chi connectivity index (χ3n) is 7.96. The van der Waals surface area contributed by atoms with E-state index in [1.165, 1.54) is 0 Å². The smallest absolute Gasteiger partial charge is 0.164 e. The first kappa shape index (κ1) is 30.4. The van der Waals surface area contributed by atoms with E-state index in [9.17, 15) is 10.2 Å². The molecule has 1 fully saturated rings. The van der Waals surface area contributed by atoms with Gasteiger partial charge in [0.25, 0.3) is 0 Å². The summed E-state index contributed by atoms with van der Waals surface area (Å²) < 4.78 is 35.3. The van der Waals surface area contributed by atoms with Crippen LogP contribution in [0.2, 0.25) is 0 Å². The quantitative estimate of drug-likeness (QED) is 0.255. The van der Waals surface area contributed by atoms with Gasteiger partial charge in [-0.3, -0.25) is 0 Å². The third-order valence-corrected chi connectivity index (χ3v) is 7.96. The second-order valence-electron chi connectivity index (χ2n) is 10.9. The van der Waals surface area contributed by atoms with Crippen LogP contribution in [-0.4, -0.2) is 56.6 Å². The molecule has 4 aromatic carbocycles. The second kappa shape index (κ2) is 11.9. The van der Waals surface area contributed by atoms with Gasteiger partial charge in [-0.2, -0.15) is 0 Å². The normalized spacial score (nSPS) is 18.2. The molecule has 0 unspecified atom stereocenters. The van der Waals surface area contributed by atoms with Gasteiger partial charge in [0.2, 0.25) is 0 Å². The van der Waals surface area contributed by atoms with Crippen LogP contribution in [0.1, 0.15) is 36.1 Å². The first-order valence-electron chi connectivity index (χ1n) is 14.0. The molecule has 4 aromatic rings. The number of rotatable bonds is 10. The summed E-state index contributed by atoms with van der Waals surface area (Å²) in [6.45, 7) is 3.52. The SMILES string of the molecule is COc1cccc(C(O)(c2cccc(OC)c2)[C@@H]2OC(C)(C)O[C@H]2C(O)(c2cccc(OC)c2)c2cccc(OC)c2)c1. The molecule has 5 rings (SSSR count). The van der Waals surface area contributed by atoms with E-state index in [4.69, 9.17) is 28.4 Å². The van der Waals surface area contributed by atoms with Gasteiger partial charge in [0.1, 0.15) is 46.4 Å². The molecule has 2 N–H and O–H groups in total. The molecule has 43 heavy (non-hydrogen) atoms. The van der Waals surface area contributed by atoms with Gasteiger partial charge in [0.15, 0.2) is 5.79 Å². The highest BCUT2D eigenvalue weighted by Gasteiger charge is 2.61. The van der Waals surface area contributed by atoms with E-state index in [-0.39, 0.29) is 0 Å². The van der Waals surface area contributed by atoms with E-state index in [0.717, 1.165) is 0 Å². The standard InChI is InChI=1S/C35H38O8/c1-33(2)42-31(34(36,23-11-7-15-27(19-23)38-3)24-12-8-16-28(20-24)39-4)32(43-33)35(37,25-13-9-17-29(21-25)40-5)26-14-10-18-30(22-26)41-6/h7-22,31-32,36-37H,1-6H3/t31-,32-/m1/s1. The van der Waals surface area contributed by atoms with Crippen LogP contribution in [0.4, 0.5) is 0 Å². The van der Waals surface area contributed by atoms with E-state index >= 15 is 0 Å². The fourth-order valence-electron chi connectivity index (χ4n) is 5.80. The lowest BCUT2D eigenvalue weighted by Crippen LogP contribution is -2.55. The molecular weight excluding hydrogens is 548 g/mol. The Morgan fingerprint density at radius 3 is 1.00 bits per heavy atom. The van der Waals surface area contributed by atoms with E-state index in [0.29, 0.717) is 45.3 Å². The number of aliphatic hydroxyl groups is 2. The van der Waals surface area contributed by atoms with Crippen LogP contribution in [0.5, 0.6) is 23.0 Å². The molecule has 1 aliphatic heterocycles. The third kappa shape index (κ3) is 5.55. The zero-order valence-electron chi connectivity index (χ0n) is 25.2. The summed E-state index contributed by atoms with van der Waals surface area (Å²) in [5, 5.41) is 26.2. The summed E-state index contributed by atoms with van der Waals surface area (Å²) in [6, 6.07) is 28.6. The number of benzene rings is 4. The summed E-state index contributed by atoms with van der Waals surface area (Å²) in [7, 11) is 6.26. The molecule has 0 saturated carbocycles. The molecule has 8 heteroatoms. The summed E-state index contributed by atoms with van der Waals surface area (Å²) in [5.41, 5.74) is -1.78. The molecule has 0 aliphatic carbocycles. The molecule has 0 radical (unpaired) electrons. The summed E-state index contributed by atoms with van der Waals surface area (Å²) in [5.74, 6) is 0.981. The monoisotopic (exact) mass is 586 g/mol. The molecule has 0 amide bonds. The maximum atomic E-state index is 13.1. The molecule has 1 heterocycles. The number of hydrogen-bond donors (Lipinski definition) is 2. The average molecular weight is 587 g/mol. The molecule has 8 nitrogen and oxygen atoms in total.